The molecule has 0 spiro atoms. The predicted molar refractivity (Wildman–Crippen MR) is 177 cm³/mol. The molecule has 3 nitrogen and oxygen atoms in total. The summed E-state index contributed by atoms with van der Waals surface area (Å²) in [6.45, 7) is 15.1. The largest absolute Gasteiger partial charge is 0.372 e. The molecule has 0 saturated heterocycles. The van der Waals surface area contributed by atoms with E-state index in [1.807, 2.05) is 0 Å². The third kappa shape index (κ3) is 6.22. The number of likely N-dealkylation sites (N-methyl/N-ethyl adjacent to an activating group) is 1. The Kier molecular flexibility index (Phi) is 9.18. The highest BCUT2D eigenvalue weighted by Crippen LogP contribution is 2.37. The molecular formula is C38H44N3+. The number of benzene rings is 4. The Labute approximate surface area is 246 Å². The van der Waals surface area contributed by atoms with E-state index in [0.717, 1.165) is 26.2 Å². The van der Waals surface area contributed by atoms with Gasteiger partial charge in [-0.25, -0.2) is 0 Å². The second kappa shape index (κ2) is 13.2. The lowest BCUT2D eigenvalue weighted by Crippen LogP contribution is -2.71. The summed E-state index contributed by atoms with van der Waals surface area (Å²) >= 11 is 0. The fraction of sp³-hybridized carbons (Fsp3) is 0.263. The van der Waals surface area contributed by atoms with Crippen molar-refractivity contribution in [1.29, 1.82) is 0 Å². The molecule has 0 bridgehead atoms. The van der Waals surface area contributed by atoms with Crippen LogP contribution in [-0.4, -0.2) is 37.1 Å². The van der Waals surface area contributed by atoms with Crippen LogP contribution < -0.4 is 10.2 Å². The van der Waals surface area contributed by atoms with Gasteiger partial charge in [0, 0.05) is 36.3 Å². The van der Waals surface area contributed by atoms with Crippen molar-refractivity contribution in [2.45, 2.75) is 40.7 Å². The van der Waals surface area contributed by atoms with E-state index in [4.69, 9.17) is 0 Å². The van der Waals surface area contributed by atoms with E-state index in [-0.39, 0.29) is 0 Å². The molecule has 0 fully saturated rings. The van der Waals surface area contributed by atoms with E-state index < -0.39 is 0 Å². The molecule has 1 aliphatic rings. The Morgan fingerprint density at radius 3 is 1.93 bits per heavy atom. The summed E-state index contributed by atoms with van der Waals surface area (Å²) in [5.74, 6) is 0. The van der Waals surface area contributed by atoms with Crippen molar-refractivity contribution in [3.63, 3.8) is 0 Å². The van der Waals surface area contributed by atoms with Crippen LogP contribution in [0.3, 0.4) is 0 Å². The molecule has 0 aromatic heterocycles. The van der Waals surface area contributed by atoms with Crippen LogP contribution in [0.15, 0.2) is 115 Å². The molecule has 0 radical (unpaired) electrons. The Balaban J connectivity index is 1.64. The van der Waals surface area contributed by atoms with Crippen LogP contribution in [0.4, 0.5) is 17.1 Å². The lowest BCUT2D eigenvalue weighted by atomic mass is 9.87. The molecular weight excluding hydrogens is 498 g/mol. The Hall–Kier alpha value is -3.92. The minimum absolute atomic E-state index is 0.336. The van der Waals surface area contributed by atoms with Gasteiger partial charge in [-0.15, -0.1) is 0 Å². The summed E-state index contributed by atoms with van der Waals surface area (Å²) < 4.78 is 0. The van der Waals surface area contributed by atoms with Gasteiger partial charge < -0.3 is 4.90 Å². The molecule has 0 amide bonds. The zero-order valence-corrected chi connectivity index (χ0v) is 25.3. The van der Waals surface area contributed by atoms with Crippen LogP contribution in [0, 0.1) is 6.92 Å². The van der Waals surface area contributed by atoms with E-state index in [0.29, 0.717) is 6.04 Å². The highest BCUT2D eigenvalue weighted by atomic mass is 15.1. The lowest BCUT2D eigenvalue weighted by molar-refractivity contribution is -0.476. The molecule has 1 aliphatic carbocycles. The van der Waals surface area contributed by atoms with Gasteiger partial charge in [0.2, 0.25) is 0 Å². The summed E-state index contributed by atoms with van der Waals surface area (Å²) in [5, 5.41) is 4.84. The first-order valence-electron chi connectivity index (χ1n) is 15.2. The predicted octanol–water partition coefficient (Wildman–Crippen LogP) is 8.16. The fourth-order valence-corrected chi connectivity index (χ4v) is 5.99. The summed E-state index contributed by atoms with van der Waals surface area (Å²) in [6.07, 6.45) is 9.37. The molecule has 41 heavy (non-hydrogen) atoms. The second-order valence-corrected chi connectivity index (χ2v) is 10.8. The Morgan fingerprint density at radius 1 is 0.683 bits per heavy atom. The van der Waals surface area contributed by atoms with E-state index in [2.05, 4.69) is 159 Å². The molecule has 210 valence electrons. The van der Waals surface area contributed by atoms with Gasteiger partial charge >= 0.3 is 0 Å². The first-order chi connectivity index (χ1) is 20.1. The quantitative estimate of drug-likeness (QED) is 0.204. The van der Waals surface area contributed by atoms with Gasteiger partial charge in [-0.3, -0.25) is 10.2 Å². The smallest absolute Gasteiger partial charge is 0.142 e. The SMILES string of the molecule is CCN(CC)c1ccc(C(=C2C=CC(N(CC)CC)C=C2)c2ccc([NH2+]c3ccc(C)cc3)c3ccccc23)cc1. The van der Waals surface area contributed by atoms with Gasteiger partial charge in [0.1, 0.15) is 11.4 Å². The molecule has 4 aromatic carbocycles. The number of nitrogens with zero attached hydrogens (tertiary/aromatic N) is 2. The zero-order valence-electron chi connectivity index (χ0n) is 25.3. The minimum atomic E-state index is 0.336. The lowest BCUT2D eigenvalue weighted by Gasteiger charge is -2.27. The first-order valence-corrected chi connectivity index (χ1v) is 15.2. The fourth-order valence-electron chi connectivity index (χ4n) is 5.99. The topological polar surface area (TPSA) is 23.1 Å². The van der Waals surface area contributed by atoms with Gasteiger partial charge in [-0.05, 0) is 97.9 Å². The summed E-state index contributed by atoms with van der Waals surface area (Å²) in [5.41, 5.74) is 10.1. The van der Waals surface area contributed by atoms with E-state index in [1.54, 1.807) is 0 Å². The Morgan fingerprint density at radius 2 is 1.32 bits per heavy atom. The number of nitrogens with two attached hydrogens (primary N) is 1. The maximum atomic E-state index is 2.48. The third-order valence-corrected chi connectivity index (χ3v) is 8.38. The van der Waals surface area contributed by atoms with Crippen molar-refractivity contribution in [3.05, 3.63) is 131 Å². The number of fused-ring (bicyclic) bond motifs is 1. The first kappa shape index (κ1) is 28.6. The number of aryl methyl sites for hydroxylation is 1. The molecule has 0 heterocycles. The summed E-state index contributed by atoms with van der Waals surface area (Å²) in [6, 6.07) is 31.7. The number of allylic oxidation sites excluding steroid dienone is 3. The van der Waals surface area contributed by atoms with Crippen molar-refractivity contribution < 1.29 is 5.32 Å². The van der Waals surface area contributed by atoms with E-state index >= 15 is 0 Å². The van der Waals surface area contributed by atoms with E-state index in [9.17, 15) is 0 Å². The standard InChI is InChI=1S/C38H43N3/c1-6-40(7-2)32-22-16-29(17-23-32)38(30-18-24-33(25-19-30)41(8-3)9-4)36-26-27-37(35-13-11-10-12-34(35)36)39-31-20-14-28(5)15-21-31/h10-27,32,39H,6-9H2,1-5H3/p+1. The number of hydrogen-bond acceptors (Lipinski definition) is 2. The molecule has 2 N–H and O–H groups in total. The average molecular weight is 543 g/mol. The maximum Gasteiger partial charge on any atom is 0.142 e. The third-order valence-electron chi connectivity index (χ3n) is 8.38. The summed E-state index contributed by atoms with van der Waals surface area (Å²) in [4.78, 5) is 4.88. The molecule has 0 atom stereocenters. The van der Waals surface area contributed by atoms with Crippen LogP contribution in [0.1, 0.15) is 44.4 Å². The maximum absolute atomic E-state index is 2.48. The van der Waals surface area contributed by atoms with Gasteiger partial charge in [0.05, 0.1) is 0 Å². The normalized spacial score (nSPS) is 14.7. The van der Waals surface area contributed by atoms with Crippen molar-refractivity contribution >= 4 is 33.4 Å². The van der Waals surface area contributed by atoms with Gasteiger partial charge in [0.25, 0.3) is 0 Å². The number of quaternary nitrogens is 1. The van der Waals surface area contributed by atoms with Crippen LogP contribution in [0.5, 0.6) is 0 Å². The van der Waals surface area contributed by atoms with Crippen LogP contribution in [0.2, 0.25) is 0 Å². The number of hydrogen-bond donors (Lipinski definition) is 1. The Bertz CT molecular complexity index is 1530. The molecule has 0 aliphatic heterocycles. The zero-order chi connectivity index (χ0) is 28.8. The van der Waals surface area contributed by atoms with Crippen molar-refractivity contribution in [2.75, 3.05) is 31.1 Å². The van der Waals surface area contributed by atoms with Crippen LogP contribution in [0.25, 0.3) is 16.3 Å². The molecule has 5 rings (SSSR count). The van der Waals surface area contributed by atoms with Crippen LogP contribution in [-0.2, 0) is 0 Å². The van der Waals surface area contributed by atoms with Gasteiger partial charge in [-0.2, -0.15) is 0 Å². The van der Waals surface area contributed by atoms with Gasteiger partial charge in [0.15, 0.2) is 0 Å². The molecule has 3 heteroatoms. The van der Waals surface area contributed by atoms with Crippen LogP contribution >= 0.6 is 0 Å². The number of anilines is 1. The van der Waals surface area contributed by atoms with Crippen molar-refractivity contribution in [2.24, 2.45) is 0 Å². The number of rotatable bonds is 10. The summed E-state index contributed by atoms with van der Waals surface area (Å²) in [7, 11) is 0. The second-order valence-electron chi connectivity index (χ2n) is 10.8. The monoisotopic (exact) mass is 542 g/mol. The van der Waals surface area contributed by atoms with E-state index in [1.165, 1.54) is 55.7 Å². The molecule has 4 aromatic rings. The van der Waals surface area contributed by atoms with Crippen molar-refractivity contribution in [1.82, 2.24) is 4.90 Å². The molecule has 0 unspecified atom stereocenters. The molecule has 0 saturated carbocycles. The highest BCUT2D eigenvalue weighted by Gasteiger charge is 2.19. The average Bonchev–Trinajstić information content (AvgIpc) is 3.02. The highest BCUT2D eigenvalue weighted by molar-refractivity contribution is 6.03. The van der Waals surface area contributed by atoms with Crippen molar-refractivity contribution in [3.8, 4) is 0 Å². The van der Waals surface area contributed by atoms with Gasteiger partial charge in [-0.1, -0.05) is 86.2 Å². The minimum Gasteiger partial charge on any atom is -0.372 e.